The van der Waals surface area contributed by atoms with Crippen molar-refractivity contribution in [1.82, 2.24) is 0 Å². The summed E-state index contributed by atoms with van der Waals surface area (Å²) in [4.78, 5) is 0. The summed E-state index contributed by atoms with van der Waals surface area (Å²) in [5.74, 6) is -3.04. The minimum Gasteiger partial charge on any atom is -0.0622 e. The van der Waals surface area contributed by atoms with Crippen LogP contribution in [0.2, 0.25) is 0 Å². The highest BCUT2D eigenvalue weighted by Gasteiger charge is 2.15. The van der Waals surface area contributed by atoms with Gasteiger partial charge in [0.2, 0.25) is 0 Å². The molecule has 454 valence electrons. The van der Waals surface area contributed by atoms with Crippen molar-refractivity contribution in [2.75, 3.05) is 0 Å². The van der Waals surface area contributed by atoms with Crippen LogP contribution in [-0.4, -0.2) is 0 Å². The average Bonchev–Trinajstić information content (AvgIpc) is 0.835. The minimum atomic E-state index is -2.07. The van der Waals surface area contributed by atoms with Crippen molar-refractivity contribution in [1.29, 1.82) is 0 Å². The maximum atomic E-state index is 8.07. The Balaban J connectivity index is 0.000000376. The van der Waals surface area contributed by atoms with Crippen LogP contribution in [0.25, 0.3) is 11.1 Å². The lowest BCUT2D eigenvalue weighted by Crippen LogP contribution is -2.12. The third-order valence-corrected chi connectivity index (χ3v) is 14.3. The Labute approximate surface area is 532 Å². The Kier molecular flexibility index (Phi) is 25.3. The molecule has 0 spiro atoms. The fraction of sp³-hybridized carbons (Fsp3) is 0.429. The average molecular weight is 1140 g/mol. The summed E-state index contributed by atoms with van der Waals surface area (Å²) in [7, 11) is 0. The van der Waals surface area contributed by atoms with Gasteiger partial charge in [0.15, 0.2) is 0 Å². The molecule has 8 aromatic rings. The second-order valence-electron chi connectivity index (χ2n) is 25.7. The molecule has 8 rings (SSSR count). The van der Waals surface area contributed by atoms with E-state index in [0.717, 1.165) is 61.2 Å². The topological polar surface area (TPSA) is 0 Å². The monoisotopic (exact) mass is 1140 g/mol. The SMILES string of the molecule is [2H]C(C)(C)c1cc(C)cc(C(C)(C)C)c1.[2H]C(C)(C)c1cc(C)cc(C(C)C)c1.[2H]C(C)(C)c1cc(C)cc(C([2H])(C)C)c1.[2H]C(C)(C)c1ccc(C)cc1.[2H]C(C)(C)c1cccc(C)c1.[2H]C(C)(C)c1ccccc1C.[2H]C([2H])([2H])c1ccc(C)cc1-c1ccccc1. The standard InChI is InChI=1S/C14H14.C14H22.2C13H20.3C10H14/c1-11-8-9-12(2)14(10-11)13-6-4-3-5-7-13;1-10(2)12-7-11(3)8-13(9-12)14(4,5)6;2*1-9(2)12-6-11(5)7-13(8-12)10(3)4;1-8(2)10-6-4-9(3)5-7-10;1-8(2)10-6-4-5-9(3)7-10;1-8(2)10-7-5-4-6-9(10)3/h3-10H,1-2H3;7-10H,1-6H3;2*6-10H,1-5H3;3*4-8H,1-3H3/i2D3;10D;9D,10D;9D;3*8D. The third kappa shape index (κ3) is 27.6. The number of rotatable bonds is 9. The fourth-order valence-electron chi connectivity index (χ4n) is 8.79. The van der Waals surface area contributed by atoms with Crippen molar-refractivity contribution >= 4 is 0 Å². The Morgan fingerprint density at radius 3 is 1.11 bits per heavy atom. The van der Waals surface area contributed by atoms with E-state index in [0.29, 0.717) is 11.5 Å². The summed E-state index contributed by atoms with van der Waals surface area (Å²) in [6, 6.07) is 58.4. The van der Waals surface area contributed by atoms with E-state index in [1.807, 2.05) is 239 Å². The first kappa shape index (κ1) is 58.2. The van der Waals surface area contributed by atoms with E-state index in [1.165, 1.54) is 38.9 Å². The van der Waals surface area contributed by atoms with Crippen molar-refractivity contribution in [3.8, 4) is 11.1 Å². The maximum absolute atomic E-state index is 8.07. The molecule has 0 nitrogen and oxygen atoms in total. The predicted molar refractivity (Wildman–Crippen MR) is 380 cm³/mol. The van der Waals surface area contributed by atoms with Gasteiger partial charge in [-0.15, -0.1) is 0 Å². The Hall–Kier alpha value is -6.24. The first-order valence-corrected chi connectivity index (χ1v) is 30.3. The maximum Gasteiger partial charge on any atom is 0.0347 e. The lowest BCUT2D eigenvalue weighted by molar-refractivity contribution is 0.588. The molecule has 0 heterocycles. The van der Waals surface area contributed by atoms with Gasteiger partial charge in [0.1, 0.15) is 0 Å². The Bertz CT molecular complexity index is 3450. The number of hydrogen-bond acceptors (Lipinski definition) is 0. The molecule has 0 aliphatic rings. The van der Waals surface area contributed by atoms with E-state index in [4.69, 9.17) is 13.7 Å². The van der Waals surface area contributed by atoms with Gasteiger partial charge < -0.3 is 0 Å². The molecule has 8 aromatic carbocycles. The van der Waals surface area contributed by atoms with Gasteiger partial charge in [-0.1, -0.05) is 341 Å². The highest BCUT2D eigenvalue weighted by molar-refractivity contribution is 5.67. The number of aryl methyl sites for hydroxylation is 8. The zero-order chi connectivity index (χ0) is 72.6. The summed E-state index contributed by atoms with van der Waals surface area (Å²) in [6.45, 7) is 50.0. The van der Waals surface area contributed by atoms with Gasteiger partial charge in [0.05, 0.1) is 0 Å². The molecule has 0 saturated carbocycles. The molecule has 0 radical (unpaired) electrons. The van der Waals surface area contributed by atoms with E-state index in [2.05, 4.69) is 111 Å². The normalized spacial score (nSPS) is 13.7. The molecule has 0 heteroatoms. The summed E-state index contributed by atoms with van der Waals surface area (Å²) < 4.78 is 78.1. The zero-order valence-corrected chi connectivity index (χ0v) is 57.3. The molecule has 84 heavy (non-hydrogen) atoms. The van der Waals surface area contributed by atoms with Crippen LogP contribution in [0.3, 0.4) is 0 Å². The quantitative estimate of drug-likeness (QED) is 0.135. The summed E-state index contributed by atoms with van der Waals surface area (Å²) in [5, 5.41) is 0. The van der Waals surface area contributed by atoms with E-state index in [-0.39, 0.29) is 5.41 Å². The Morgan fingerprint density at radius 1 is 0.298 bits per heavy atom. The zero-order valence-electron chi connectivity index (χ0n) is 67.3. The van der Waals surface area contributed by atoms with Gasteiger partial charge in [0.25, 0.3) is 0 Å². The van der Waals surface area contributed by atoms with Crippen molar-refractivity contribution < 1.29 is 13.7 Å². The highest BCUT2D eigenvalue weighted by Crippen LogP contribution is 2.29. The molecule has 0 aromatic heterocycles. The van der Waals surface area contributed by atoms with Gasteiger partial charge in [-0.25, -0.2) is 0 Å². The fourth-order valence-corrected chi connectivity index (χ4v) is 8.79. The van der Waals surface area contributed by atoms with Crippen LogP contribution >= 0.6 is 0 Å². The lowest BCUT2D eigenvalue weighted by Gasteiger charge is -2.21. The van der Waals surface area contributed by atoms with Gasteiger partial charge in [0, 0.05) is 13.7 Å². The van der Waals surface area contributed by atoms with Crippen molar-refractivity contribution in [3.05, 3.63) is 271 Å². The van der Waals surface area contributed by atoms with E-state index in [1.54, 1.807) is 6.07 Å². The smallest absolute Gasteiger partial charge is 0.0347 e. The van der Waals surface area contributed by atoms with E-state index >= 15 is 0 Å². The molecular formula is C84H118. The predicted octanol–water partition coefficient (Wildman–Crippen LogP) is 26.2. The molecule has 0 amide bonds. The molecular weight excluding hydrogens is 1010 g/mol. The van der Waals surface area contributed by atoms with Crippen LogP contribution in [0.5, 0.6) is 0 Å². The van der Waals surface area contributed by atoms with Gasteiger partial charge in [-0.05, 0) is 180 Å². The van der Waals surface area contributed by atoms with Crippen LogP contribution in [0.15, 0.2) is 176 Å². The van der Waals surface area contributed by atoms with Gasteiger partial charge in [-0.2, -0.15) is 0 Å². The summed E-state index contributed by atoms with van der Waals surface area (Å²) >= 11 is 0. The van der Waals surface area contributed by atoms with Crippen molar-refractivity contribution in [3.63, 3.8) is 0 Å². The molecule has 0 saturated heterocycles. The summed E-state index contributed by atoms with van der Waals surface area (Å²) in [6.07, 6.45) is 0. The van der Waals surface area contributed by atoms with Gasteiger partial charge in [-0.3, -0.25) is 0 Å². The summed E-state index contributed by atoms with van der Waals surface area (Å²) in [5.41, 5.74) is 20.8. The van der Waals surface area contributed by atoms with Crippen LogP contribution in [-0.2, 0) is 5.41 Å². The second kappa shape index (κ2) is 36.6. The molecule has 0 aliphatic heterocycles. The van der Waals surface area contributed by atoms with Crippen LogP contribution in [0.4, 0.5) is 0 Å². The van der Waals surface area contributed by atoms with Crippen molar-refractivity contribution in [2.24, 2.45) is 0 Å². The molecule has 0 atom stereocenters. The molecule has 0 N–H and O–H groups in total. The molecule has 0 fully saturated rings. The highest BCUT2D eigenvalue weighted by atomic mass is 14.2. The minimum absolute atomic E-state index is 0.159. The first-order chi connectivity index (χ1) is 42.5. The molecule has 0 aliphatic carbocycles. The van der Waals surface area contributed by atoms with Crippen LogP contribution in [0, 0.1) is 55.3 Å². The largest absolute Gasteiger partial charge is 0.0622 e. The lowest BCUT2D eigenvalue weighted by atomic mass is 9.84. The van der Waals surface area contributed by atoms with E-state index in [9.17, 15) is 0 Å². The van der Waals surface area contributed by atoms with Crippen LogP contribution in [0.1, 0.15) is 287 Å². The van der Waals surface area contributed by atoms with E-state index < -0.39 is 48.1 Å². The van der Waals surface area contributed by atoms with Crippen molar-refractivity contribution in [2.45, 2.75) is 239 Å². The third-order valence-electron chi connectivity index (χ3n) is 14.3. The first-order valence-electron chi connectivity index (χ1n) is 35.3. The Morgan fingerprint density at radius 2 is 0.702 bits per heavy atom. The second-order valence-corrected chi connectivity index (χ2v) is 25.7. The molecule has 0 unspecified atom stereocenters. The number of benzene rings is 8. The molecule has 0 bridgehead atoms. The number of hydrogen-bond donors (Lipinski definition) is 0. The van der Waals surface area contributed by atoms with Crippen LogP contribution < -0.4 is 0 Å². The van der Waals surface area contributed by atoms with Gasteiger partial charge >= 0.3 is 0 Å².